The lowest BCUT2D eigenvalue weighted by molar-refractivity contribution is 0.921. The summed E-state index contributed by atoms with van der Waals surface area (Å²) >= 11 is 4.92. The molecule has 0 unspecified atom stereocenters. The van der Waals surface area contributed by atoms with Gasteiger partial charge in [-0.05, 0) is 36.5 Å². The maximum atomic E-state index is 6.92. The van der Waals surface area contributed by atoms with Crippen LogP contribution in [-0.4, -0.2) is 5.11 Å². The molecule has 0 atom stereocenters. The molecule has 2 rings (SSSR count). The Kier molecular flexibility index (Phi) is 3.98. The molecule has 2 N–H and O–H groups in total. The van der Waals surface area contributed by atoms with E-state index in [0.29, 0.717) is 0 Å². The maximum absolute atomic E-state index is 6.92. The zero-order valence-corrected chi connectivity index (χ0v) is 10.4. The summed E-state index contributed by atoms with van der Waals surface area (Å²) in [5.41, 5.74) is 11.7. The van der Waals surface area contributed by atoms with E-state index in [0.717, 1.165) is 11.4 Å². The first-order valence-corrected chi connectivity index (χ1v) is 5.80. The van der Waals surface area contributed by atoms with Gasteiger partial charge in [0.1, 0.15) is 0 Å². The summed E-state index contributed by atoms with van der Waals surface area (Å²) in [4.78, 5) is 0. The van der Waals surface area contributed by atoms with Crippen LogP contribution in [0, 0.1) is 5.53 Å². The van der Waals surface area contributed by atoms with Crippen molar-refractivity contribution in [3.8, 4) is 0 Å². The Morgan fingerprint density at radius 1 is 0.944 bits per heavy atom. The number of nitrogens with zero attached hydrogens (tertiary/aromatic N) is 2. The molecule has 0 aliphatic heterocycles. The third kappa shape index (κ3) is 2.89. The van der Waals surface area contributed by atoms with Crippen LogP contribution in [0.2, 0.25) is 0 Å². The van der Waals surface area contributed by atoms with Crippen molar-refractivity contribution in [2.24, 2.45) is 5.11 Å². The number of hydrazine groups is 1. The summed E-state index contributed by atoms with van der Waals surface area (Å²) < 4.78 is 0. The number of nitrogens with one attached hydrogen (secondary N) is 2. The van der Waals surface area contributed by atoms with Crippen molar-refractivity contribution in [3.05, 3.63) is 60.7 Å². The Morgan fingerprint density at radius 3 is 1.78 bits per heavy atom. The van der Waals surface area contributed by atoms with E-state index >= 15 is 0 Å². The third-order valence-corrected chi connectivity index (χ3v) is 2.52. The first-order chi connectivity index (χ1) is 8.81. The number of benzene rings is 2. The molecule has 90 valence electrons. The normalized spacial score (nSPS) is 9.56. The van der Waals surface area contributed by atoms with Crippen molar-refractivity contribution in [2.45, 2.75) is 0 Å². The lowest BCUT2D eigenvalue weighted by Gasteiger charge is -2.25. The second-order valence-corrected chi connectivity index (χ2v) is 3.92. The van der Waals surface area contributed by atoms with Gasteiger partial charge >= 0.3 is 0 Å². The first kappa shape index (κ1) is 12.2. The van der Waals surface area contributed by atoms with Gasteiger partial charge in [0.2, 0.25) is 5.11 Å². The standard InChI is InChI=1S/C13H12N4S/c14-15-13(18)16-17(11-7-3-1-4-8-11)12-9-5-2-6-10-12/h1-10,14H,(H,16,18). The van der Waals surface area contributed by atoms with Crippen LogP contribution >= 0.6 is 12.2 Å². The number of hydrogen-bond acceptors (Lipinski definition) is 3. The van der Waals surface area contributed by atoms with E-state index in [-0.39, 0.29) is 5.11 Å². The summed E-state index contributed by atoms with van der Waals surface area (Å²) in [6.07, 6.45) is 0. The summed E-state index contributed by atoms with van der Waals surface area (Å²) in [7, 11) is 0. The van der Waals surface area contributed by atoms with Crippen molar-refractivity contribution in [3.63, 3.8) is 0 Å². The molecule has 0 spiro atoms. The number of rotatable bonds is 3. The molecule has 5 heteroatoms. The Bertz CT molecular complexity index is 488. The van der Waals surface area contributed by atoms with E-state index in [1.807, 2.05) is 60.7 Å². The molecule has 0 heterocycles. The first-order valence-electron chi connectivity index (χ1n) is 5.39. The summed E-state index contributed by atoms with van der Waals surface area (Å²) in [5.74, 6) is 0. The molecule has 2 aromatic carbocycles. The quantitative estimate of drug-likeness (QED) is 0.500. The summed E-state index contributed by atoms with van der Waals surface area (Å²) in [5, 5.41) is 5.11. The Labute approximate surface area is 111 Å². The van der Waals surface area contributed by atoms with Crippen LogP contribution in [0.3, 0.4) is 0 Å². The fraction of sp³-hybridized carbons (Fsp3) is 0. The predicted octanol–water partition coefficient (Wildman–Crippen LogP) is 3.65. The molecular weight excluding hydrogens is 244 g/mol. The van der Waals surface area contributed by atoms with Gasteiger partial charge in [-0.15, -0.1) is 5.11 Å². The van der Waals surface area contributed by atoms with Gasteiger partial charge in [0.15, 0.2) is 0 Å². The van der Waals surface area contributed by atoms with Gasteiger partial charge in [-0.1, -0.05) is 36.4 Å². The molecular formula is C13H12N4S. The van der Waals surface area contributed by atoms with Gasteiger partial charge in [-0.3, -0.25) is 10.4 Å². The largest absolute Gasteiger partial charge is 0.266 e. The predicted molar refractivity (Wildman–Crippen MR) is 75.9 cm³/mol. The topological polar surface area (TPSA) is 51.5 Å². The van der Waals surface area contributed by atoms with Crippen molar-refractivity contribution in [1.82, 2.24) is 5.43 Å². The highest BCUT2D eigenvalue weighted by Gasteiger charge is 2.09. The summed E-state index contributed by atoms with van der Waals surface area (Å²) in [6.45, 7) is 0. The van der Waals surface area contributed by atoms with Crippen molar-refractivity contribution in [1.29, 1.82) is 5.53 Å². The van der Waals surface area contributed by atoms with Crippen LogP contribution in [0.15, 0.2) is 65.8 Å². The van der Waals surface area contributed by atoms with Crippen LogP contribution < -0.4 is 10.4 Å². The fourth-order valence-corrected chi connectivity index (χ4v) is 1.64. The van der Waals surface area contributed by atoms with Gasteiger partial charge in [0.05, 0.1) is 11.4 Å². The smallest absolute Gasteiger partial charge is 0.232 e. The van der Waals surface area contributed by atoms with E-state index in [4.69, 9.17) is 17.7 Å². The van der Waals surface area contributed by atoms with Crippen molar-refractivity contribution < 1.29 is 0 Å². The summed E-state index contributed by atoms with van der Waals surface area (Å²) in [6, 6.07) is 19.4. The number of para-hydroxylation sites is 2. The lowest BCUT2D eigenvalue weighted by Crippen LogP contribution is -2.36. The maximum Gasteiger partial charge on any atom is 0.232 e. The lowest BCUT2D eigenvalue weighted by atomic mass is 10.2. The molecule has 0 saturated heterocycles. The molecule has 4 nitrogen and oxygen atoms in total. The average molecular weight is 256 g/mol. The van der Waals surface area contributed by atoms with Gasteiger partial charge < -0.3 is 0 Å². The van der Waals surface area contributed by atoms with Crippen LogP contribution in [0.4, 0.5) is 11.4 Å². The van der Waals surface area contributed by atoms with E-state index in [9.17, 15) is 0 Å². The van der Waals surface area contributed by atoms with Crippen LogP contribution in [-0.2, 0) is 0 Å². The van der Waals surface area contributed by atoms with Gasteiger partial charge in [0, 0.05) is 0 Å². The van der Waals surface area contributed by atoms with Crippen molar-refractivity contribution >= 4 is 28.7 Å². The minimum Gasteiger partial charge on any atom is -0.266 e. The number of hydrogen-bond donors (Lipinski definition) is 2. The Balaban J connectivity index is 2.35. The number of thiocarbonyl (C=S) groups is 1. The third-order valence-electron chi connectivity index (χ3n) is 2.34. The van der Waals surface area contributed by atoms with Crippen LogP contribution in [0.1, 0.15) is 0 Å². The minimum absolute atomic E-state index is 0.114. The molecule has 0 fully saturated rings. The molecule has 0 amide bonds. The Morgan fingerprint density at radius 2 is 1.39 bits per heavy atom. The highest BCUT2D eigenvalue weighted by atomic mass is 32.1. The molecule has 0 bridgehead atoms. The highest BCUT2D eigenvalue weighted by Crippen LogP contribution is 2.22. The zero-order valence-electron chi connectivity index (χ0n) is 9.58. The zero-order chi connectivity index (χ0) is 12.8. The SMILES string of the molecule is N=NC(=S)NN(c1ccccc1)c1ccccc1. The van der Waals surface area contributed by atoms with Gasteiger partial charge in [-0.2, -0.15) is 0 Å². The minimum atomic E-state index is 0.114. The van der Waals surface area contributed by atoms with Crippen molar-refractivity contribution in [2.75, 3.05) is 5.01 Å². The monoisotopic (exact) mass is 256 g/mol. The Hall–Kier alpha value is -2.27. The van der Waals surface area contributed by atoms with Gasteiger partial charge in [0.25, 0.3) is 0 Å². The highest BCUT2D eigenvalue weighted by molar-refractivity contribution is 7.80. The molecule has 0 aliphatic carbocycles. The fourth-order valence-electron chi connectivity index (χ4n) is 1.55. The van der Waals surface area contributed by atoms with E-state index < -0.39 is 0 Å². The second kappa shape index (κ2) is 5.88. The average Bonchev–Trinajstić information content (AvgIpc) is 2.46. The molecule has 0 saturated carbocycles. The van der Waals surface area contributed by atoms with Crippen LogP contribution in [0.25, 0.3) is 0 Å². The molecule has 0 radical (unpaired) electrons. The molecule has 2 aromatic rings. The van der Waals surface area contributed by atoms with Crippen LogP contribution in [0.5, 0.6) is 0 Å². The van der Waals surface area contributed by atoms with E-state index in [1.165, 1.54) is 0 Å². The van der Waals surface area contributed by atoms with Gasteiger partial charge in [-0.25, -0.2) is 5.53 Å². The van der Waals surface area contributed by atoms with E-state index in [2.05, 4.69) is 10.5 Å². The second-order valence-electron chi connectivity index (χ2n) is 3.54. The van der Waals surface area contributed by atoms with E-state index in [1.54, 1.807) is 5.01 Å². The molecule has 0 aliphatic rings. The number of anilines is 2. The molecule has 18 heavy (non-hydrogen) atoms. The molecule has 0 aromatic heterocycles.